The van der Waals surface area contributed by atoms with Gasteiger partial charge in [-0.25, -0.2) is 0 Å². The number of ketones is 1. The van der Waals surface area contributed by atoms with Crippen LogP contribution in [-0.2, 0) is 17.8 Å². The van der Waals surface area contributed by atoms with Gasteiger partial charge in [-0.15, -0.1) is 12.4 Å². The molecule has 4 heteroatoms. The van der Waals surface area contributed by atoms with E-state index in [-0.39, 0.29) is 18.4 Å². The second-order valence-corrected chi connectivity index (χ2v) is 8.49. The first-order chi connectivity index (χ1) is 13.8. The number of carbonyl (C=O) groups is 1. The molecule has 0 radical (unpaired) electrons. The van der Waals surface area contributed by atoms with Crippen LogP contribution in [0.1, 0.15) is 36.8 Å². The summed E-state index contributed by atoms with van der Waals surface area (Å²) in [5, 5.41) is 0. The summed E-state index contributed by atoms with van der Waals surface area (Å²) in [5.74, 6) is 1.18. The number of hydrogen-bond acceptors (Lipinski definition) is 3. The number of rotatable bonds is 7. The third kappa shape index (κ3) is 6.15. The molecule has 2 aromatic carbocycles. The molecule has 0 aromatic heterocycles. The Morgan fingerprint density at radius 1 is 0.828 bits per heavy atom. The smallest absolute Gasteiger partial charge is 0.163 e. The third-order valence-electron chi connectivity index (χ3n) is 6.42. The highest BCUT2D eigenvalue weighted by Crippen LogP contribution is 2.24. The molecule has 1 atom stereocenters. The number of Topliss-reactive ketones (excluding diaryl/α,β-unsaturated/α-hetero) is 1. The van der Waals surface area contributed by atoms with E-state index in [1.807, 2.05) is 0 Å². The molecule has 3 nitrogen and oxygen atoms in total. The van der Waals surface area contributed by atoms with Gasteiger partial charge in [-0.2, -0.15) is 0 Å². The van der Waals surface area contributed by atoms with Crippen molar-refractivity contribution in [1.29, 1.82) is 0 Å². The summed E-state index contributed by atoms with van der Waals surface area (Å²) >= 11 is 0. The lowest BCUT2D eigenvalue weighted by Crippen LogP contribution is -2.44. The zero-order valence-electron chi connectivity index (χ0n) is 17.2. The van der Waals surface area contributed by atoms with E-state index < -0.39 is 0 Å². The predicted molar refractivity (Wildman–Crippen MR) is 121 cm³/mol. The van der Waals surface area contributed by atoms with E-state index in [0.29, 0.717) is 12.3 Å². The molecule has 0 unspecified atom stereocenters. The highest BCUT2D eigenvalue weighted by atomic mass is 35.5. The first-order valence-corrected chi connectivity index (χ1v) is 10.8. The normalized spacial score (nSPS) is 21.0. The molecule has 2 aromatic rings. The first kappa shape index (κ1) is 22.0. The Bertz CT molecular complexity index is 744. The van der Waals surface area contributed by atoms with Gasteiger partial charge in [0, 0.05) is 6.54 Å². The van der Waals surface area contributed by atoms with Crippen LogP contribution in [0, 0.1) is 5.92 Å². The average Bonchev–Trinajstić information content (AvgIpc) is 3.19. The zero-order chi connectivity index (χ0) is 19.2. The molecule has 2 saturated heterocycles. The molecule has 2 aliphatic heterocycles. The number of nitrogens with zero attached hydrogens (tertiary/aromatic N) is 2. The lowest BCUT2D eigenvalue weighted by atomic mass is 9.90. The van der Waals surface area contributed by atoms with Gasteiger partial charge in [0.1, 0.15) is 0 Å². The van der Waals surface area contributed by atoms with Gasteiger partial charge in [0.25, 0.3) is 0 Å². The van der Waals surface area contributed by atoms with Gasteiger partial charge in [0.15, 0.2) is 5.78 Å². The maximum Gasteiger partial charge on any atom is 0.163 e. The van der Waals surface area contributed by atoms with Crippen molar-refractivity contribution < 1.29 is 4.79 Å². The van der Waals surface area contributed by atoms with Gasteiger partial charge in [-0.3, -0.25) is 14.6 Å². The summed E-state index contributed by atoms with van der Waals surface area (Å²) in [5.41, 5.74) is 2.75. The monoisotopic (exact) mass is 412 g/mol. The van der Waals surface area contributed by atoms with Gasteiger partial charge >= 0.3 is 0 Å². The van der Waals surface area contributed by atoms with E-state index in [0.717, 1.165) is 44.9 Å². The molecule has 2 heterocycles. The molecule has 2 fully saturated rings. The minimum atomic E-state index is 0. The van der Waals surface area contributed by atoms with Crippen molar-refractivity contribution >= 4 is 18.2 Å². The summed E-state index contributed by atoms with van der Waals surface area (Å²) in [6, 6.07) is 21.5. The molecule has 0 aliphatic carbocycles. The minimum Gasteiger partial charge on any atom is -0.296 e. The summed E-state index contributed by atoms with van der Waals surface area (Å²) in [7, 11) is 0. The van der Waals surface area contributed by atoms with Gasteiger partial charge < -0.3 is 0 Å². The fraction of sp³-hybridized carbons (Fsp3) is 0.480. The van der Waals surface area contributed by atoms with Crippen LogP contribution in [0.25, 0.3) is 0 Å². The van der Waals surface area contributed by atoms with Crippen molar-refractivity contribution in [2.75, 3.05) is 26.2 Å². The lowest BCUT2D eigenvalue weighted by molar-refractivity contribution is -0.125. The average molecular weight is 413 g/mol. The van der Waals surface area contributed by atoms with Crippen LogP contribution >= 0.6 is 12.4 Å². The van der Waals surface area contributed by atoms with Gasteiger partial charge in [0.2, 0.25) is 0 Å². The van der Waals surface area contributed by atoms with Crippen molar-refractivity contribution in [1.82, 2.24) is 9.80 Å². The number of hydrogen-bond donors (Lipinski definition) is 0. The van der Waals surface area contributed by atoms with Crippen LogP contribution < -0.4 is 0 Å². The molecular weight excluding hydrogens is 380 g/mol. The van der Waals surface area contributed by atoms with Gasteiger partial charge in [-0.1, -0.05) is 60.7 Å². The van der Waals surface area contributed by atoms with E-state index in [1.165, 1.54) is 30.4 Å². The van der Waals surface area contributed by atoms with E-state index in [2.05, 4.69) is 70.5 Å². The van der Waals surface area contributed by atoms with Crippen LogP contribution in [0.3, 0.4) is 0 Å². The van der Waals surface area contributed by atoms with Crippen molar-refractivity contribution in [2.45, 2.75) is 44.7 Å². The van der Waals surface area contributed by atoms with Crippen LogP contribution in [0.15, 0.2) is 60.7 Å². The Balaban J connectivity index is 0.00000240. The maximum atomic E-state index is 13.0. The van der Waals surface area contributed by atoms with E-state index >= 15 is 0 Å². The largest absolute Gasteiger partial charge is 0.296 e. The molecular formula is C25H33ClN2O. The summed E-state index contributed by atoms with van der Waals surface area (Å²) in [4.78, 5) is 17.8. The fourth-order valence-corrected chi connectivity index (χ4v) is 4.82. The minimum absolute atomic E-state index is 0. The Morgan fingerprint density at radius 3 is 2.10 bits per heavy atom. The maximum absolute atomic E-state index is 13.0. The first-order valence-electron chi connectivity index (χ1n) is 10.8. The molecule has 0 bridgehead atoms. The predicted octanol–water partition coefficient (Wildman–Crippen LogP) is 4.60. The molecule has 0 spiro atoms. The zero-order valence-corrected chi connectivity index (χ0v) is 18.0. The highest BCUT2D eigenvalue weighted by molar-refractivity contribution is 5.86. The molecule has 4 rings (SSSR count). The SMILES string of the molecule is Cl.O=C(CN1CCC(Cc2ccccc2)CC1)[C@H]1CCCN1Cc1ccccc1. The quantitative estimate of drug-likeness (QED) is 0.664. The van der Waals surface area contributed by atoms with Crippen molar-refractivity contribution in [3.63, 3.8) is 0 Å². The number of halogens is 1. The van der Waals surface area contributed by atoms with Crippen molar-refractivity contribution in [2.24, 2.45) is 5.92 Å². The Morgan fingerprint density at radius 2 is 1.45 bits per heavy atom. The molecule has 0 amide bonds. The second-order valence-electron chi connectivity index (χ2n) is 8.49. The standard InChI is InChI=1S/C25H32N2O.ClH/c28-25(24-12-7-15-27(24)19-23-10-5-2-6-11-23)20-26-16-13-22(14-17-26)18-21-8-3-1-4-9-21;/h1-6,8-11,22,24H,7,12-20H2;1H/t24-;/m1./s1. The number of benzene rings is 2. The summed E-state index contributed by atoms with van der Waals surface area (Å²) < 4.78 is 0. The summed E-state index contributed by atoms with van der Waals surface area (Å²) in [6.07, 6.45) is 5.76. The Hall–Kier alpha value is -1.68. The van der Waals surface area contributed by atoms with E-state index in [4.69, 9.17) is 0 Å². The Kier molecular flexibility index (Phi) is 8.29. The van der Waals surface area contributed by atoms with E-state index in [9.17, 15) is 4.79 Å². The second kappa shape index (κ2) is 10.9. The molecule has 2 aliphatic rings. The fourth-order valence-electron chi connectivity index (χ4n) is 4.82. The van der Waals surface area contributed by atoms with Crippen molar-refractivity contribution in [3.8, 4) is 0 Å². The molecule has 29 heavy (non-hydrogen) atoms. The number of piperidine rings is 1. The highest BCUT2D eigenvalue weighted by Gasteiger charge is 2.32. The van der Waals surface area contributed by atoms with Gasteiger partial charge in [0.05, 0.1) is 12.6 Å². The van der Waals surface area contributed by atoms with Crippen LogP contribution in [0.4, 0.5) is 0 Å². The van der Waals surface area contributed by atoms with Crippen LogP contribution in [0.5, 0.6) is 0 Å². The van der Waals surface area contributed by atoms with Crippen LogP contribution in [-0.4, -0.2) is 47.8 Å². The number of likely N-dealkylation sites (tertiary alicyclic amines) is 2. The number of carbonyl (C=O) groups excluding carboxylic acids is 1. The van der Waals surface area contributed by atoms with Crippen molar-refractivity contribution in [3.05, 3.63) is 71.8 Å². The summed E-state index contributed by atoms with van der Waals surface area (Å²) in [6.45, 7) is 4.71. The lowest BCUT2D eigenvalue weighted by Gasteiger charge is -2.33. The van der Waals surface area contributed by atoms with Crippen LogP contribution in [0.2, 0.25) is 0 Å². The molecule has 156 valence electrons. The van der Waals surface area contributed by atoms with E-state index in [1.54, 1.807) is 0 Å². The third-order valence-corrected chi connectivity index (χ3v) is 6.42. The van der Waals surface area contributed by atoms with Gasteiger partial charge in [-0.05, 0) is 68.8 Å². The molecule has 0 N–H and O–H groups in total. The topological polar surface area (TPSA) is 23.6 Å². The Labute approximate surface area is 181 Å². The molecule has 0 saturated carbocycles.